The van der Waals surface area contributed by atoms with Crippen LogP contribution in [0.15, 0.2) is 41.6 Å². The number of hydrogen-bond acceptors (Lipinski definition) is 4. The highest BCUT2D eigenvalue weighted by Gasteiger charge is 2.37. The number of aromatic amines is 1. The van der Waals surface area contributed by atoms with E-state index in [9.17, 15) is 4.79 Å². The van der Waals surface area contributed by atoms with E-state index in [1.165, 1.54) is 32.4 Å². The lowest BCUT2D eigenvalue weighted by molar-refractivity contribution is 0.247. The van der Waals surface area contributed by atoms with Crippen molar-refractivity contribution >= 4 is 16.7 Å². The van der Waals surface area contributed by atoms with E-state index in [4.69, 9.17) is 4.98 Å². The molecule has 2 saturated heterocycles. The van der Waals surface area contributed by atoms with Crippen molar-refractivity contribution in [3.05, 3.63) is 47.1 Å². The van der Waals surface area contributed by atoms with Crippen LogP contribution < -0.4 is 15.8 Å². The summed E-state index contributed by atoms with van der Waals surface area (Å²) in [4.78, 5) is 22.5. The quantitative estimate of drug-likeness (QED) is 0.734. The maximum atomic E-state index is 12.2. The third-order valence-corrected chi connectivity index (χ3v) is 6.43. The van der Waals surface area contributed by atoms with Gasteiger partial charge in [0.05, 0.1) is 0 Å². The van der Waals surface area contributed by atoms with Gasteiger partial charge < -0.3 is 19.8 Å². The summed E-state index contributed by atoms with van der Waals surface area (Å²) in [6.45, 7) is 4.50. The van der Waals surface area contributed by atoms with Crippen molar-refractivity contribution in [2.24, 2.45) is 12.5 Å². The van der Waals surface area contributed by atoms with Crippen molar-refractivity contribution in [3.8, 4) is 11.1 Å². The first kappa shape index (κ1) is 16.6. The molecule has 5 heterocycles. The van der Waals surface area contributed by atoms with Crippen molar-refractivity contribution in [2.75, 3.05) is 31.1 Å². The monoisotopic (exact) mass is 363 g/mol. The van der Waals surface area contributed by atoms with Crippen molar-refractivity contribution in [3.63, 3.8) is 0 Å². The molecule has 0 amide bonds. The topological polar surface area (TPSA) is 66.0 Å². The molecule has 0 radical (unpaired) electrons. The number of anilines is 1. The average molecular weight is 363 g/mol. The second kappa shape index (κ2) is 6.23. The fraction of sp³-hybridized carbons (Fsp3) is 0.429. The molecule has 140 valence electrons. The smallest absolute Gasteiger partial charge is 0.274 e. The summed E-state index contributed by atoms with van der Waals surface area (Å²) >= 11 is 0. The Hall–Kier alpha value is -2.60. The Morgan fingerprint density at radius 1 is 1.15 bits per heavy atom. The van der Waals surface area contributed by atoms with Crippen LogP contribution in [0.25, 0.3) is 22.0 Å². The number of aryl methyl sites for hydroxylation is 1. The molecule has 2 aliphatic heterocycles. The lowest BCUT2D eigenvalue weighted by atomic mass is 9.78. The van der Waals surface area contributed by atoms with Gasteiger partial charge in [-0.1, -0.05) is 0 Å². The van der Waals surface area contributed by atoms with E-state index in [-0.39, 0.29) is 5.56 Å². The van der Waals surface area contributed by atoms with Gasteiger partial charge in [0, 0.05) is 61.8 Å². The van der Waals surface area contributed by atoms with Crippen LogP contribution in [0.2, 0.25) is 0 Å². The van der Waals surface area contributed by atoms with E-state index in [0.717, 1.165) is 35.4 Å². The molecule has 0 bridgehead atoms. The summed E-state index contributed by atoms with van der Waals surface area (Å²) in [6, 6.07) is 6.19. The number of aromatic nitrogens is 3. The molecule has 0 unspecified atom stereocenters. The molecule has 0 atom stereocenters. The third kappa shape index (κ3) is 2.75. The van der Waals surface area contributed by atoms with Gasteiger partial charge in [-0.15, -0.1) is 0 Å². The highest BCUT2D eigenvalue weighted by Crippen LogP contribution is 2.38. The number of rotatable bonds is 2. The molecule has 6 nitrogen and oxygen atoms in total. The van der Waals surface area contributed by atoms with Gasteiger partial charge in [-0.2, -0.15) is 0 Å². The summed E-state index contributed by atoms with van der Waals surface area (Å²) in [6.07, 6.45) is 9.45. The largest absolute Gasteiger partial charge is 0.357 e. The van der Waals surface area contributed by atoms with E-state index in [1.807, 2.05) is 24.7 Å². The van der Waals surface area contributed by atoms with Crippen LogP contribution in [0, 0.1) is 5.41 Å². The van der Waals surface area contributed by atoms with Crippen LogP contribution in [-0.4, -0.2) is 40.7 Å². The second-order valence-electron chi connectivity index (χ2n) is 8.04. The van der Waals surface area contributed by atoms with Crippen molar-refractivity contribution in [1.82, 2.24) is 19.9 Å². The fourth-order valence-electron chi connectivity index (χ4n) is 4.66. The number of H-pyrrole nitrogens is 1. The first-order valence-corrected chi connectivity index (χ1v) is 9.74. The number of nitrogens with zero attached hydrogens (tertiary/aromatic N) is 3. The highest BCUT2D eigenvalue weighted by atomic mass is 16.1. The molecule has 0 saturated carbocycles. The summed E-state index contributed by atoms with van der Waals surface area (Å²) in [7, 11) is 1.79. The number of nitrogens with one attached hydrogen (secondary N) is 2. The van der Waals surface area contributed by atoms with E-state index in [1.54, 1.807) is 11.6 Å². The molecule has 6 heteroatoms. The van der Waals surface area contributed by atoms with Gasteiger partial charge in [0.1, 0.15) is 11.3 Å². The fourth-order valence-corrected chi connectivity index (χ4v) is 4.66. The lowest BCUT2D eigenvalue weighted by Crippen LogP contribution is -2.41. The minimum Gasteiger partial charge on any atom is -0.357 e. The van der Waals surface area contributed by atoms with Gasteiger partial charge in [0.25, 0.3) is 5.56 Å². The molecule has 5 rings (SSSR count). The average Bonchev–Trinajstić information content (AvgIpc) is 3.36. The zero-order valence-corrected chi connectivity index (χ0v) is 15.7. The number of pyridine rings is 2. The maximum Gasteiger partial charge on any atom is 0.274 e. The highest BCUT2D eigenvalue weighted by molar-refractivity contribution is 5.94. The first-order chi connectivity index (χ1) is 13.2. The second-order valence-corrected chi connectivity index (χ2v) is 8.04. The van der Waals surface area contributed by atoms with Crippen LogP contribution in [0.5, 0.6) is 0 Å². The van der Waals surface area contributed by atoms with Crippen LogP contribution in [0.1, 0.15) is 19.3 Å². The molecule has 3 aromatic rings. The maximum absolute atomic E-state index is 12.2. The molecule has 2 aliphatic rings. The van der Waals surface area contributed by atoms with E-state index >= 15 is 0 Å². The molecule has 27 heavy (non-hydrogen) atoms. The minimum absolute atomic E-state index is 0.00743. The minimum atomic E-state index is -0.00743. The molecule has 0 aliphatic carbocycles. The summed E-state index contributed by atoms with van der Waals surface area (Å²) in [5.41, 5.74) is 3.22. The van der Waals surface area contributed by atoms with E-state index < -0.39 is 0 Å². The first-order valence-electron chi connectivity index (χ1n) is 9.74. The van der Waals surface area contributed by atoms with Crippen molar-refractivity contribution < 1.29 is 0 Å². The van der Waals surface area contributed by atoms with Crippen LogP contribution in [-0.2, 0) is 7.05 Å². The Kier molecular flexibility index (Phi) is 3.82. The summed E-state index contributed by atoms with van der Waals surface area (Å²) in [5, 5.41) is 4.47. The number of fused-ring (bicyclic) bond motifs is 1. The Balaban J connectivity index is 1.41. The van der Waals surface area contributed by atoms with E-state index in [0.29, 0.717) is 10.9 Å². The normalized spacial score (nSPS) is 19.2. The number of piperidine rings is 1. The SMILES string of the molecule is Cn1cc(-c2ccc(N3CCC4(CCNC4)CC3)nc2)c2cc[nH]c2c1=O. The van der Waals surface area contributed by atoms with Gasteiger partial charge in [-0.3, -0.25) is 4.79 Å². The summed E-state index contributed by atoms with van der Waals surface area (Å²) in [5.74, 6) is 1.05. The van der Waals surface area contributed by atoms with Gasteiger partial charge in [-0.25, -0.2) is 4.98 Å². The zero-order chi connectivity index (χ0) is 18.4. The Morgan fingerprint density at radius 3 is 2.70 bits per heavy atom. The van der Waals surface area contributed by atoms with Crippen molar-refractivity contribution in [2.45, 2.75) is 19.3 Å². The lowest BCUT2D eigenvalue weighted by Gasteiger charge is -2.39. The molecule has 3 aromatic heterocycles. The predicted molar refractivity (Wildman–Crippen MR) is 108 cm³/mol. The van der Waals surface area contributed by atoms with Gasteiger partial charge in [0.15, 0.2) is 0 Å². The zero-order valence-electron chi connectivity index (χ0n) is 15.7. The Labute approximate surface area is 158 Å². The molecule has 2 N–H and O–H groups in total. The van der Waals surface area contributed by atoms with Crippen LogP contribution >= 0.6 is 0 Å². The van der Waals surface area contributed by atoms with Gasteiger partial charge in [-0.05, 0) is 49.4 Å². The van der Waals surface area contributed by atoms with Gasteiger partial charge in [0.2, 0.25) is 0 Å². The molecule has 1 spiro atoms. The van der Waals surface area contributed by atoms with Crippen LogP contribution in [0.3, 0.4) is 0 Å². The Morgan fingerprint density at radius 2 is 2.00 bits per heavy atom. The number of hydrogen-bond donors (Lipinski definition) is 2. The van der Waals surface area contributed by atoms with Crippen LogP contribution in [0.4, 0.5) is 5.82 Å². The molecule has 0 aromatic carbocycles. The molecular weight excluding hydrogens is 338 g/mol. The molecule has 2 fully saturated rings. The van der Waals surface area contributed by atoms with E-state index in [2.05, 4.69) is 27.3 Å². The van der Waals surface area contributed by atoms with Gasteiger partial charge >= 0.3 is 0 Å². The van der Waals surface area contributed by atoms with Crippen molar-refractivity contribution in [1.29, 1.82) is 0 Å². The standard InChI is InChI=1S/C21H25N5O/c1-25-13-17(16-4-8-23-19(16)20(25)27)15-2-3-18(24-12-15)26-10-6-21(7-11-26)5-9-22-14-21/h2-4,8,12-13,22-23H,5-7,9-11,14H2,1H3. The summed E-state index contributed by atoms with van der Waals surface area (Å²) < 4.78 is 1.63. The Bertz CT molecular complexity index is 1020. The molecular formula is C21H25N5O. The predicted octanol–water partition coefficient (Wildman–Crippen LogP) is 2.51. The third-order valence-electron chi connectivity index (χ3n) is 6.43.